The van der Waals surface area contributed by atoms with Gasteiger partial charge in [0.2, 0.25) is 17.7 Å². The Bertz CT molecular complexity index is 1050. The first-order valence-electron chi connectivity index (χ1n) is 11.6. The fourth-order valence-electron chi connectivity index (χ4n) is 4.37. The molecule has 0 saturated carbocycles. The Labute approximate surface area is 198 Å². The largest absolute Gasteiger partial charge is 0.480 e. The lowest BCUT2D eigenvalue weighted by atomic mass is 10.0. The average molecular weight is 472 g/mol. The summed E-state index contributed by atoms with van der Waals surface area (Å²) in [6.07, 6.45) is 3.40. The predicted octanol–water partition coefficient (Wildman–Crippen LogP) is 0.760. The second kappa shape index (κ2) is 11.1. The maximum Gasteiger partial charge on any atom is 0.326 e. The van der Waals surface area contributed by atoms with E-state index in [1.54, 1.807) is 6.20 Å². The lowest BCUT2D eigenvalue weighted by molar-refractivity contribution is -0.149. The topological polar surface area (TPSA) is 158 Å². The van der Waals surface area contributed by atoms with E-state index in [2.05, 4.69) is 15.6 Å². The average Bonchev–Trinajstić information content (AvgIpc) is 3.44. The van der Waals surface area contributed by atoms with E-state index in [1.807, 2.05) is 38.1 Å². The molecule has 1 aliphatic rings. The van der Waals surface area contributed by atoms with Gasteiger partial charge in [-0.2, -0.15) is 0 Å². The van der Waals surface area contributed by atoms with E-state index in [4.69, 9.17) is 5.73 Å². The van der Waals surface area contributed by atoms with Crippen molar-refractivity contribution >= 4 is 34.6 Å². The second-order valence-corrected chi connectivity index (χ2v) is 9.17. The normalized spacial score (nSPS) is 17.5. The number of nitrogens with zero attached hydrogens (tertiary/aromatic N) is 1. The summed E-state index contributed by atoms with van der Waals surface area (Å²) in [6, 6.07) is 4.98. The highest BCUT2D eigenvalue weighted by molar-refractivity contribution is 5.93. The maximum atomic E-state index is 13.4. The van der Waals surface area contributed by atoms with Crippen LogP contribution in [0, 0.1) is 5.92 Å². The summed E-state index contributed by atoms with van der Waals surface area (Å²) in [5, 5.41) is 15.6. The van der Waals surface area contributed by atoms with E-state index < -0.39 is 41.8 Å². The van der Waals surface area contributed by atoms with Crippen LogP contribution in [-0.2, 0) is 25.6 Å². The van der Waals surface area contributed by atoms with Gasteiger partial charge in [0.05, 0.1) is 12.6 Å². The zero-order valence-corrected chi connectivity index (χ0v) is 19.5. The molecule has 3 rings (SSSR count). The third-order valence-electron chi connectivity index (χ3n) is 6.04. The summed E-state index contributed by atoms with van der Waals surface area (Å²) in [6.45, 7) is 3.88. The number of aromatic nitrogens is 1. The monoisotopic (exact) mass is 471 g/mol. The first kappa shape index (κ1) is 25.2. The number of hydrogen-bond donors (Lipinski definition) is 5. The zero-order chi connectivity index (χ0) is 24.8. The van der Waals surface area contributed by atoms with E-state index in [-0.39, 0.29) is 18.9 Å². The molecule has 6 N–H and O–H groups in total. The number of nitrogens with two attached hydrogens (primary N) is 1. The molecule has 34 heavy (non-hydrogen) atoms. The number of carboxylic acids is 1. The number of rotatable bonds is 10. The van der Waals surface area contributed by atoms with Gasteiger partial charge >= 0.3 is 5.97 Å². The number of fused-ring (bicyclic) bond motifs is 1. The summed E-state index contributed by atoms with van der Waals surface area (Å²) < 4.78 is 0. The highest BCUT2D eigenvalue weighted by atomic mass is 16.4. The Morgan fingerprint density at radius 2 is 1.97 bits per heavy atom. The smallest absolute Gasteiger partial charge is 0.326 e. The van der Waals surface area contributed by atoms with E-state index in [0.29, 0.717) is 25.8 Å². The summed E-state index contributed by atoms with van der Waals surface area (Å²) in [5.74, 6) is -2.26. The molecule has 0 bridgehead atoms. The van der Waals surface area contributed by atoms with Crippen molar-refractivity contribution in [3.05, 3.63) is 36.0 Å². The number of aromatic amines is 1. The van der Waals surface area contributed by atoms with Crippen LogP contribution in [0.4, 0.5) is 0 Å². The number of nitrogens with one attached hydrogen (secondary N) is 3. The van der Waals surface area contributed by atoms with Crippen LogP contribution in [-0.4, -0.2) is 69.9 Å². The van der Waals surface area contributed by atoms with E-state index in [9.17, 15) is 24.3 Å². The molecule has 10 nitrogen and oxygen atoms in total. The standard InChI is InChI=1S/C24H33N5O5/c1-14(2)10-17(25)22(31)27-13-21(30)28-19(23(32)29-9-5-8-20(29)24(33)34)11-15-12-26-18-7-4-3-6-16(15)18/h3-4,6-7,12,14,17,19-20,26H,5,8-11,13,25H2,1-2H3,(H,27,31)(H,28,30)(H,33,34). The second-order valence-electron chi connectivity index (χ2n) is 9.17. The number of hydrogen-bond acceptors (Lipinski definition) is 5. The molecule has 2 heterocycles. The van der Waals surface area contributed by atoms with E-state index >= 15 is 0 Å². The third kappa shape index (κ3) is 6.13. The molecule has 2 aromatic rings. The predicted molar refractivity (Wildman–Crippen MR) is 127 cm³/mol. The van der Waals surface area contributed by atoms with Crippen molar-refractivity contribution in [3.63, 3.8) is 0 Å². The molecule has 1 aromatic carbocycles. The van der Waals surface area contributed by atoms with Crippen molar-refractivity contribution in [2.45, 2.75) is 57.7 Å². The Morgan fingerprint density at radius 1 is 1.24 bits per heavy atom. The van der Waals surface area contributed by atoms with Gasteiger partial charge in [-0.15, -0.1) is 0 Å². The van der Waals surface area contributed by atoms with Gasteiger partial charge in [-0.3, -0.25) is 14.4 Å². The van der Waals surface area contributed by atoms with Crippen molar-refractivity contribution in [3.8, 4) is 0 Å². The van der Waals surface area contributed by atoms with Crippen molar-refractivity contribution in [1.29, 1.82) is 0 Å². The van der Waals surface area contributed by atoms with Crippen LogP contribution in [0.5, 0.6) is 0 Å². The van der Waals surface area contributed by atoms with Crippen LogP contribution in [0.1, 0.15) is 38.7 Å². The Morgan fingerprint density at radius 3 is 2.68 bits per heavy atom. The van der Waals surface area contributed by atoms with Gasteiger partial charge in [0.1, 0.15) is 12.1 Å². The van der Waals surface area contributed by atoms with Gasteiger partial charge in [0, 0.05) is 30.1 Å². The van der Waals surface area contributed by atoms with Crippen LogP contribution >= 0.6 is 0 Å². The molecule has 1 saturated heterocycles. The minimum Gasteiger partial charge on any atom is -0.480 e. The first-order chi connectivity index (χ1) is 16.2. The number of amides is 3. The number of carbonyl (C=O) groups excluding carboxylic acids is 3. The number of carboxylic acid groups (broad SMARTS) is 1. The number of H-pyrrole nitrogens is 1. The molecule has 1 aromatic heterocycles. The van der Waals surface area contributed by atoms with Crippen molar-refractivity contribution in [2.24, 2.45) is 11.7 Å². The highest BCUT2D eigenvalue weighted by Crippen LogP contribution is 2.22. The number of aliphatic carboxylic acids is 1. The van der Waals surface area contributed by atoms with Gasteiger partial charge in [-0.05, 0) is 36.8 Å². The van der Waals surface area contributed by atoms with Gasteiger partial charge in [-0.1, -0.05) is 32.0 Å². The minimum absolute atomic E-state index is 0.179. The van der Waals surface area contributed by atoms with E-state index in [0.717, 1.165) is 16.5 Å². The molecular weight excluding hydrogens is 438 g/mol. The molecule has 1 fully saturated rings. The summed E-state index contributed by atoms with van der Waals surface area (Å²) in [7, 11) is 0. The summed E-state index contributed by atoms with van der Waals surface area (Å²) in [4.78, 5) is 54.3. The molecule has 0 spiro atoms. The molecule has 3 atom stereocenters. The van der Waals surface area contributed by atoms with Crippen LogP contribution in [0.3, 0.4) is 0 Å². The van der Waals surface area contributed by atoms with Crippen LogP contribution in [0.25, 0.3) is 10.9 Å². The molecule has 184 valence electrons. The number of likely N-dealkylation sites (tertiary alicyclic amines) is 1. The highest BCUT2D eigenvalue weighted by Gasteiger charge is 2.38. The van der Waals surface area contributed by atoms with Gasteiger partial charge in [0.15, 0.2) is 0 Å². The molecule has 1 aliphatic heterocycles. The van der Waals surface area contributed by atoms with Crippen molar-refractivity contribution in [1.82, 2.24) is 20.5 Å². The van der Waals surface area contributed by atoms with Gasteiger partial charge < -0.3 is 31.4 Å². The Kier molecular flexibility index (Phi) is 8.27. The maximum absolute atomic E-state index is 13.4. The van der Waals surface area contributed by atoms with Crippen LogP contribution in [0.15, 0.2) is 30.5 Å². The molecule has 0 radical (unpaired) electrons. The fourth-order valence-corrected chi connectivity index (χ4v) is 4.37. The lowest BCUT2D eigenvalue weighted by Crippen LogP contribution is -2.54. The zero-order valence-electron chi connectivity index (χ0n) is 19.5. The molecule has 0 aliphatic carbocycles. The number of para-hydroxylation sites is 1. The SMILES string of the molecule is CC(C)CC(N)C(=O)NCC(=O)NC(Cc1c[nH]c2ccccc12)C(=O)N1CCCC1C(=O)O. The Balaban J connectivity index is 1.73. The summed E-state index contributed by atoms with van der Waals surface area (Å²) >= 11 is 0. The number of benzene rings is 1. The molecular formula is C24H33N5O5. The summed E-state index contributed by atoms with van der Waals surface area (Å²) in [5.41, 5.74) is 7.58. The van der Waals surface area contributed by atoms with Gasteiger partial charge in [0.25, 0.3) is 0 Å². The first-order valence-corrected chi connectivity index (χ1v) is 11.6. The van der Waals surface area contributed by atoms with E-state index in [1.165, 1.54) is 4.90 Å². The van der Waals surface area contributed by atoms with Gasteiger partial charge in [-0.25, -0.2) is 4.79 Å². The van der Waals surface area contributed by atoms with Crippen LogP contribution < -0.4 is 16.4 Å². The van der Waals surface area contributed by atoms with Crippen molar-refractivity contribution < 1.29 is 24.3 Å². The molecule has 10 heteroatoms. The fraction of sp³-hybridized carbons (Fsp3) is 0.500. The molecule has 3 amide bonds. The lowest BCUT2D eigenvalue weighted by Gasteiger charge is -2.27. The Hall–Kier alpha value is -3.40. The molecule has 3 unspecified atom stereocenters. The van der Waals surface area contributed by atoms with Crippen LogP contribution in [0.2, 0.25) is 0 Å². The quantitative estimate of drug-likeness (QED) is 0.344. The third-order valence-corrected chi connectivity index (χ3v) is 6.04. The van der Waals surface area contributed by atoms with Crippen molar-refractivity contribution in [2.75, 3.05) is 13.1 Å². The minimum atomic E-state index is -1.06. The number of carbonyl (C=O) groups is 4.